The summed E-state index contributed by atoms with van der Waals surface area (Å²) in [4.78, 5) is 3.79. The number of hydrogen-bond acceptors (Lipinski definition) is 2. The van der Waals surface area contributed by atoms with Gasteiger partial charge >= 0.3 is 6.18 Å². The van der Waals surface area contributed by atoms with Gasteiger partial charge in [-0.05, 0) is 18.6 Å². The number of pyridine rings is 1. The lowest BCUT2D eigenvalue weighted by Gasteiger charge is -2.07. The third-order valence-electron chi connectivity index (χ3n) is 3.05. The van der Waals surface area contributed by atoms with Crippen LogP contribution in [-0.2, 0) is 6.18 Å². The predicted octanol–water partition coefficient (Wildman–Crippen LogP) is 3.99. The summed E-state index contributed by atoms with van der Waals surface area (Å²) in [5, 5.41) is 4.31. The summed E-state index contributed by atoms with van der Waals surface area (Å²) in [6, 6.07) is 5.33. The average Bonchev–Trinajstić information content (AvgIpc) is 2.88. The Morgan fingerprint density at radius 1 is 1.35 bits per heavy atom. The molecule has 2 aromatic rings. The van der Waals surface area contributed by atoms with Crippen LogP contribution in [0, 0.1) is 6.07 Å². The Hall–Kier alpha value is -1.85. The maximum Gasteiger partial charge on any atom is 0.417 e. The van der Waals surface area contributed by atoms with Gasteiger partial charge in [-0.3, -0.25) is 0 Å². The van der Waals surface area contributed by atoms with E-state index in [1.54, 1.807) is 6.20 Å². The summed E-state index contributed by atoms with van der Waals surface area (Å²) in [6.07, 6.45) is 0.0696. The molecule has 6 heteroatoms. The lowest BCUT2D eigenvalue weighted by Crippen LogP contribution is -2.07. The first kappa shape index (κ1) is 14.6. The van der Waals surface area contributed by atoms with Gasteiger partial charge in [-0.1, -0.05) is 20.3 Å². The Bertz CT molecular complexity index is 558. The standard InChI is InChI=1S/C14H15F3N3/c1-3-4-10(2)12-7-8-20(19-12)13-6-5-11(9-18-13)14(15,16)17/h5-6,8-10H,3-4H2,1-2H3. The monoisotopic (exact) mass is 282 g/mol. The van der Waals surface area contributed by atoms with Crippen LogP contribution in [0.1, 0.15) is 43.9 Å². The van der Waals surface area contributed by atoms with Crippen LogP contribution >= 0.6 is 0 Å². The Kier molecular flexibility index (Phi) is 4.11. The van der Waals surface area contributed by atoms with Crippen molar-refractivity contribution in [2.45, 2.75) is 38.8 Å². The Morgan fingerprint density at radius 2 is 2.10 bits per heavy atom. The number of halogens is 3. The second-order valence-electron chi connectivity index (χ2n) is 4.70. The predicted molar refractivity (Wildman–Crippen MR) is 68.5 cm³/mol. The van der Waals surface area contributed by atoms with Crippen molar-refractivity contribution in [3.8, 4) is 5.82 Å². The van der Waals surface area contributed by atoms with Gasteiger partial charge < -0.3 is 0 Å². The largest absolute Gasteiger partial charge is 0.417 e. The molecule has 0 spiro atoms. The number of rotatable bonds is 4. The number of nitrogens with zero attached hydrogens (tertiary/aromatic N) is 3. The molecule has 0 fully saturated rings. The maximum absolute atomic E-state index is 12.4. The van der Waals surface area contributed by atoms with Crippen LogP contribution in [-0.4, -0.2) is 14.8 Å². The fraction of sp³-hybridized carbons (Fsp3) is 0.429. The highest BCUT2D eigenvalue weighted by atomic mass is 19.4. The fourth-order valence-electron chi connectivity index (χ4n) is 1.92. The van der Waals surface area contributed by atoms with Crippen molar-refractivity contribution in [1.82, 2.24) is 14.8 Å². The van der Waals surface area contributed by atoms with E-state index in [0.717, 1.165) is 30.8 Å². The number of aromatic nitrogens is 3. The zero-order chi connectivity index (χ0) is 14.8. The van der Waals surface area contributed by atoms with Gasteiger partial charge in [0.2, 0.25) is 0 Å². The summed E-state index contributed by atoms with van der Waals surface area (Å²) in [5.41, 5.74) is 0.0329. The molecule has 2 heterocycles. The molecule has 0 bridgehead atoms. The van der Waals surface area contributed by atoms with Crippen LogP contribution in [0.5, 0.6) is 0 Å². The second kappa shape index (κ2) is 5.64. The van der Waals surface area contributed by atoms with Crippen LogP contribution in [0.25, 0.3) is 5.82 Å². The summed E-state index contributed by atoms with van der Waals surface area (Å²) in [6.45, 7) is 4.14. The smallest absolute Gasteiger partial charge is 0.237 e. The van der Waals surface area contributed by atoms with Gasteiger partial charge in [-0.15, -0.1) is 0 Å². The normalized spacial score (nSPS) is 13.4. The fourth-order valence-corrected chi connectivity index (χ4v) is 1.92. The van der Waals surface area contributed by atoms with Gasteiger partial charge in [0.25, 0.3) is 0 Å². The van der Waals surface area contributed by atoms with E-state index < -0.39 is 11.7 Å². The van der Waals surface area contributed by atoms with Crippen LogP contribution in [0.2, 0.25) is 0 Å². The van der Waals surface area contributed by atoms with Crippen molar-refractivity contribution in [2.75, 3.05) is 0 Å². The SMILES string of the molecule is CCCC(C)c1[c]cn(-c2ccc(C(F)(F)F)cn2)n1. The van der Waals surface area contributed by atoms with Gasteiger partial charge in [0, 0.05) is 24.4 Å². The summed E-state index contributed by atoms with van der Waals surface area (Å²) in [5.74, 6) is 0.625. The first-order chi connectivity index (χ1) is 9.41. The Labute approximate surface area is 115 Å². The minimum atomic E-state index is -4.37. The van der Waals surface area contributed by atoms with Crippen LogP contribution in [0.15, 0.2) is 24.5 Å². The molecule has 0 aliphatic rings. The molecule has 0 aliphatic carbocycles. The van der Waals surface area contributed by atoms with Crippen molar-refractivity contribution < 1.29 is 13.2 Å². The lowest BCUT2D eigenvalue weighted by atomic mass is 10.0. The molecule has 1 radical (unpaired) electrons. The van der Waals surface area contributed by atoms with E-state index in [1.165, 1.54) is 10.7 Å². The quantitative estimate of drug-likeness (QED) is 0.849. The zero-order valence-electron chi connectivity index (χ0n) is 11.3. The third-order valence-corrected chi connectivity index (χ3v) is 3.05. The van der Waals surface area contributed by atoms with Crippen LogP contribution < -0.4 is 0 Å². The van der Waals surface area contributed by atoms with Gasteiger partial charge in [-0.25, -0.2) is 9.67 Å². The van der Waals surface area contributed by atoms with Crippen LogP contribution in [0.3, 0.4) is 0 Å². The number of alkyl halides is 3. The van der Waals surface area contributed by atoms with E-state index in [-0.39, 0.29) is 5.92 Å². The zero-order valence-corrected chi connectivity index (χ0v) is 11.3. The lowest BCUT2D eigenvalue weighted by molar-refractivity contribution is -0.137. The van der Waals surface area contributed by atoms with Crippen LogP contribution in [0.4, 0.5) is 13.2 Å². The van der Waals surface area contributed by atoms with E-state index in [1.807, 2.05) is 6.92 Å². The Morgan fingerprint density at radius 3 is 2.65 bits per heavy atom. The molecule has 0 aromatic carbocycles. The van der Waals surface area contributed by atoms with E-state index in [9.17, 15) is 13.2 Å². The van der Waals surface area contributed by atoms with E-state index in [2.05, 4.69) is 23.1 Å². The number of hydrogen-bond donors (Lipinski definition) is 0. The molecule has 20 heavy (non-hydrogen) atoms. The molecular formula is C14H15F3N3. The highest BCUT2D eigenvalue weighted by Crippen LogP contribution is 2.28. The minimum Gasteiger partial charge on any atom is -0.237 e. The van der Waals surface area contributed by atoms with Crippen molar-refractivity contribution in [2.24, 2.45) is 0 Å². The van der Waals surface area contributed by atoms with Gasteiger partial charge in [0.1, 0.15) is 0 Å². The Balaban J connectivity index is 2.20. The molecule has 0 N–H and O–H groups in total. The van der Waals surface area contributed by atoms with E-state index in [0.29, 0.717) is 5.82 Å². The molecule has 107 valence electrons. The minimum absolute atomic E-state index is 0.274. The average molecular weight is 282 g/mol. The molecule has 2 rings (SSSR count). The molecule has 0 saturated heterocycles. The first-order valence-electron chi connectivity index (χ1n) is 6.42. The van der Waals surface area contributed by atoms with Crippen molar-refractivity contribution in [3.05, 3.63) is 41.9 Å². The molecule has 0 saturated carbocycles. The second-order valence-corrected chi connectivity index (χ2v) is 4.70. The highest BCUT2D eigenvalue weighted by Gasteiger charge is 2.30. The molecule has 1 unspecified atom stereocenters. The molecule has 0 amide bonds. The van der Waals surface area contributed by atoms with E-state index >= 15 is 0 Å². The molecule has 1 atom stereocenters. The van der Waals surface area contributed by atoms with Gasteiger partial charge in [0.15, 0.2) is 5.82 Å². The summed E-state index contributed by atoms with van der Waals surface area (Å²) < 4.78 is 38.8. The van der Waals surface area contributed by atoms with Gasteiger partial charge in [-0.2, -0.15) is 18.3 Å². The molecule has 2 aromatic heterocycles. The van der Waals surface area contributed by atoms with Gasteiger partial charge in [0.05, 0.1) is 11.3 Å². The van der Waals surface area contributed by atoms with Crippen molar-refractivity contribution in [1.29, 1.82) is 0 Å². The molecule has 0 aliphatic heterocycles. The maximum atomic E-state index is 12.4. The molecular weight excluding hydrogens is 267 g/mol. The third kappa shape index (κ3) is 3.18. The highest BCUT2D eigenvalue weighted by molar-refractivity contribution is 5.26. The van der Waals surface area contributed by atoms with Crippen molar-refractivity contribution >= 4 is 0 Å². The summed E-state index contributed by atoms with van der Waals surface area (Å²) in [7, 11) is 0. The molecule has 3 nitrogen and oxygen atoms in total. The van der Waals surface area contributed by atoms with Crippen molar-refractivity contribution in [3.63, 3.8) is 0 Å². The first-order valence-corrected chi connectivity index (χ1v) is 6.42. The summed E-state index contributed by atoms with van der Waals surface area (Å²) >= 11 is 0. The van der Waals surface area contributed by atoms with E-state index in [4.69, 9.17) is 0 Å². The topological polar surface area (TPSA) is 30.7 Å².